The highest BCUT2D eigenvalue weighted by Crippen LogP contribution is 2.13. The van der Waals surface area contributed by atoms with Crippen LogP contribution in [0, 0.1) is 6.92 Å². The van der Waals surface area contributed by atoms with Gasteiger partial charge in [-0.25, -0.2) is 4.79 Å². The molecule has 0 spiro atoms. The summed E-state index contributed by atoms with van der Waals surface area (Å²) in [5, 5.41) is 0.387. The molecule has 0 N–H and O–H groups in total. The molecule has 0 aliphatic rings. The first kappa shape index (κ1) is 11.9. The van der Waals surface area contributed by atoms with Crippen molar-refractivity contribution in [1.29, 1.82) is 0 Å². The van der Waals surface area contributed by atoms with E-state index >= 15 is 0 Å². The summed E-state index contributed by atoms with van der Waals surface area (Å²) < 4.78 is 14.1. The van der Waals surface area contributed by atoms with Crippen molar-refractivity contribution in [1.82, 2.24) is 9.36 Å². The maximum atomic E-state index is 11.2. The molecule has 0 unspecified atom stereocenters. The fraction of sp³-hybridized carbons (Fsp3) is 0.667. The van der Waals surface area contributed by atoms with Crippen molar-refractivity contribution in [3.8, 4) is 5.19 Å². The molecule has 0 aliphatic heterocycles. The van der Waals surface area contributed by atoms with Gasteiger partial charge in [-0.1, -0.05) is 0 Å². The largest absolute Gasteiger partial charge is 0.457 e. The van der Waals surface area contributed by atoms with E-state index in [1.54, 1.807) is 27.7 Å². The molecule has 1 heterocycles. The van der Waals surface area contributed by atoms with Gasteiger partial charge in [-0.2, -0.15) is 9.36 Å². The fourth-order valence-electron chi connectivity index (χ4n) is 0.828. The molecule has 0 fully saturated rings. The van der Waals surface area contributed by atoms with E-state index in [9.17, 15) is 4.79 Å². The second-order valence-electron chi connectivity index (χ2n) is 3.98. The number of ether oxygens (including phenoxy) is 2. The number of rotatable bonds is 3. The predicted molar refractivity (Wildman–Crippen MR) is 56.0 cm³/mol. The number of esters is 1. The minimum atomic E-state index is -0.489. The number of carbonyl (C=O) groups is 1. The lowest BCUT2D eigenvalue weighted by atomic mass is 10.2. The Bertz CT molecular complexity index is 343. The maximum Gasteiger partial charge on any atom is 0.344 e. The summed E-state index contributed by atoms with van der Waals surface area (Å²) in [6.45, 7) is 7.04. The first-order chi connectivity index (χ1) is 6.87. The van der Waals surface area contributed by atoms with E-state index in [1.165, 1.54) is 0 Å². The van der Waals surface area contributed by atoms with Gasteiger partial charge < -0.3 is 9.47 Å². The third-order valence-corrected chi connectivity index (χ3v) is 1.96. The molecule has 84 valence electrons. The molecule has 6 heteroatoms. The smallest absolute Gasteiger partial charge is 0.344 e. The lowest BCUT2D eigenvalue weighted by Crippen LogP contribution is -2.27. The summed E-state index contributed by atoms with van der Waals surface area (Å²) in [5.41, 5.74) is -0.489. The van der Waals surface area contributed by atoms with E-state index < -0.39 is 11.6 Å². The Balaban J connectivity index is 2.35. The molecule has 0 bridgehead atoms. The Morgan fingerprint density at radius 2 is 2.13 bits per heavy atom. The van der Waals surface area contributed by atoms with E-state index in [0.717, 1.165) is 11.5 Å². The first-order valence-corrected chi connectivity index (χ1v) is 5.29. The molecule has 1 aromatic rings. The zero-order valence-electron chi connectivity index (χ0n) is 9.23. The number of nitrogens with zero attached hydrogens (tertiary/aromatic N) is 2. The average Bonchev–Trinajstić information content (AvgIpc) is 2.45. The van der Waals surface area contributed by atoms with Gasteiger partial charge in [0.1, 0.15) is 11.4 Å². The first-order valence-electron chi connectivity index (χ1n) is 4.52. The van der Waals surface area contributed by atoms with Crippen LogP contribution < -0.4 is 4.74 Å². The zero-order chi connectivity index (χ0) is 11.5. The number of hydrogen-bond donors (Lipinski definition) is 0. The van der Waals surface area contributed by atoms with Crippen molar-refractivity contribution in [2.24, 2.45) is 0 Å². The highest BCUT2D eigenvalue weighted by molar-refractivity contribution is 7.07. The second-order valence-corrected chi connectivity index (χ2v) is 4.70. The Kier molecular flexibility index (Phi) is 3.62. The predicted octanol–water partition coefficient (Wildman–Crippen LogP) is 1.57. The van der Waals surface area contributed by atoms with Gasteiger partial charge in [0.2, 0.25) is 0 Å². The fourth-order valence-corrected chi connectivity index (χ4v) is 1.36. The summed E-state index contributed by atoms with van der Waals surface area (Å²) >= 11 is 1.12. The third kappa shape index (κ3) is 4.73. The summed E-state index contributed by atoms with van der Waals surface area (Å²) in [6.07, 6.45) is 0. The van der Waals surface area contributed by atoms with Crippen LogP contribution in [0.15, 0.2) is 0 Å². The quantitative estimate of drug-likeness (QED) is 0.737. The Morgan fingerprint density at radius 3 is 2.60 bits per heavy atom. The van der Waals surface area contributed by atoms with E-state index in [-0.39, 0.29) is 6.61 Å². The molecule has 0 radical (unpaired) electrons. The van der Waals surface area contributed by atoms with Gasteiger partial charge in [0.15, 0.2) is 6.61 Å². The van der Waals surface area contributed by atoms with Crippen molar-refractivity contribution in [3.05, 3.63) is 5.82 Å². The topological polar surface area (TPSA) is 61.3 Å². The van der Waals surface area contributed by atoms with Crippen LogP contribution in [-0.2, 0) is 9.53 Å². The van der Waals surface area contributed by atoms with E-state index in [1.807, 2.05) is 0 Å². The molecular formula is C9H14N2O3S. The number of carbonyl (C=O) groups excluding carboxylic acids is 1. The molecule has 1 rings (SSSR count). The van der Waals surface area contributed by atoms with Crippen molar-refractivity contribution >= 4 is 17.5 Å². The summed E-state index contributed by atoms with van der Waals surface area (Å²) in [5.74, 6) is 0.231. The Hall–Kier alpha value is -1.17. The van der Waals surface area contributed by atoms with Gasteiger partial charge in [-0.3, -0.25) is 0 Å². The highest BCUT2D eigenvalue weighted by Gasteiger charge is 2.17. The zero-order valence-corrected chi connectivity index (χ0v) is 10.1. The molecule has 5 nitrogen and oxygen atoms in total. The van der Waals surface area contributed by atoms with Crippen LogP contribution >= 0.6 is 11.5 Å². The van der Waals surface area contributed by atoms with Crippen LogP contribution in [0.5, 0.6) is 5.19 Å². The maximum absolute atomic E-state index is 11.2. The van der Waals surface area contributed by atoms with Crippen molar-refractivity contribution < 1.29 is 14.3 Å². The Morgan fingerprint density at radius 1 is 1.47 bits per heavy atom. The molecule has 0 aromatic carbocycles. The summed E-state index contributed by atoms with van der Waals surface area (Å²) in [7, 11) is 0. The number of hydrogen-bond acceptors (Lipinski definition) is 6. The number of aromatic nitrogens is 2. The minimum absolute atomic E-state index is 0.133. The molecule has 15 heavy (non-hydrogen) atoms. The molecule has 1 aromatic heterocycles. The summed E-state index contributed by atoms with van der Waals surface area (Å²) in [6, 6.07) is 0. The molecule has 0 atom stereocenters. The van der Waals surface area contributed by atoms with E-state index in [2.05, 4.69) is 9.36 Å². The van der Waals surface area contributed by atoms with Crippen LogP contribution in [0.2, 0.25) is 0 Å². The minimum Gasteiger partial charge on any atom is -0.457 e. The second kappa shape index (κ2) is 4.57. The van der Waals surface area contributed by atoms with Gasteiger partial charge in [-0.05, 0) is 27.7 Å². The van der Waals surface area contributed by atoms with Crippen LogP contribution in [-0.4, -0.2) is 27.5 Å². The lowest BCUT2D eigenvalue weighted by Gasteiger charge is -2.18. The molecule has 0 aliphatic carbocycles. The van der Waals surface area contributed by atoms with Gasteiger partial charge >= 0.3 is 5.97 Å². The van der Waals surface area contributed by atoms with Crippen molar-refractivity contribution in [3.63, 3.8) is 0 Å². The van der Waals surface area contributed by atoms with Crippen LogP contribution in [0.1, 0.15) is 26.6 Å². The highest BCUT2D eigenvalue weighted by atomic mass is 32.1. The third-order valence-electron chi connectivity index (χ3n) is 1.24. The SMILES string of the molecule is Cc1nsc(OCC(=O)OC(C)(C)C)n1. The lowest BCUT2D eigenvalue weighted by molar-refractivity contribution is -0.157. The number of aryl methyl sites for hydroxylation is 1. The van der Waals surface area contributed by atoms with Crippen LogP contribution in [0.25, 0.3) is 0 Å². The molecule has 0 saturated carbocycles. The monoisotopic (exact) mass is 230 g/mol. The van der Waals surface area contributed by atoms with Gasteiger partial charge in [-0.15, -0.1) is 0 Å². The van der Waals surface area contributed by atoms with E-state index in [0.29, 0.717) is 11.0 Å². The van der Waals surface area contributed by atoms with Crippen molar-refractivity contribution in [2.45, 2.75) is 33.3 Å². The molecule has 0 amide bonds. The van der Waals surface area contributed by atoms with Gasteiger partial charge in [0.25, 0.3) is 5.19 Å². The van der Waals surface area contributed by atoms with Crippen LogP contribution in [0.4, 0.5) is 0 Å². The molecular weight excluding hydrogens is 216 g/mol. The van der Waals surface area contributed by atoms with Crippen molar-refractivity contribution in [2.75, 3.05) is 6.61 Å². The summed E-state index contributed by atoms with van der Waals surface area (Å²) in [4.78, 5) is 15.2. The van der Waals surface area contributed by atoms with Gasteiger partial charge in [0.05, 0.1) is 0 Å². The van der Waals surface area contributed by atoms with Crippen LogP contribution in [0.3, 0.4) is 0 Å². The Labute approximate surface area is 92.6 Å². The normalized spacial score (nSPS) is 11.2. The average molecular weight is 230 g/mol. The molecule has 0 saturated heterocycles. The van der Waals surface area contributed by atoms with Gasteiger partial charge in [0, 0.05) is 11.5 Å². The standard InChI is InChI=1S/C9H14N2O3S/c1-6-10-8(15-11-6)13-5-7(12)14-9(2,3)4/h5H2,1-4H3. The van der Waals surface area contributed by atoms with E-state index in [4.69, 9.17) is 9.47 Å².